The molecule has 0 amide bonds. The first kappa shape index (κ1) is 14.8. The first-order valence-corrected chi connectivity index (χ1v) is 6.59. The fraction of sp³-hybridized carbons (Fsp3) is 0.500. The van der Waals surface area contributed by atoms with Gasteiger partial charge in [-0.3, -0.25) is 0 Å². The third-order valence-electron chi connectivity index (χ3n) is 2.83. The highest BCUT2D eigenvalue weighted by atomic mass is 16.7. The third kappa shape index (κ3) is 4.19. The van der Waals surface area contributed by atoms with E-state index in [4.69, 9.17) is 9.47 Å². The van der Waals surface area contributed by atoms with Crippen LogP contribution in [0.4, 0.5) is 0 Å². The normalized spacial score (nSPS) is 14.0. The zero-order chi connectivity index (χ0) is 13.6. The lowest BCUT2D eigenvalue weighted by molar-refractivity contribution is -0.171. The lowest BCUT2D eigenvalue weighted by Crippen LogP contribution is -2.35. The number of ether oxygens (including phenoxy) is 2. The molecule has 1 unspecified atom stereocenters. The molecule has 0 bridgehead atoms. The second kappa shape index (κ2) is 6.60. The minimum Gasteiger partial charge on any atom is -0.463 e. The van der Waals surface area contributed by atoms with Gasteiger partial charge in [0.05, 0.1) is 0 Å². The Morgan fingerprint density at radius 3 is 2.28 bits per heavy atom. The van der Waals surface area contributed by atoms with E-state index in [1.165, 1.54) is 0 Å². The largest absolute Gasteiger partial charge is 0.463 e. The Morgan fingerprint density at radius 1 is 1.22 bits per heavy atom. The molecule has 1 atom stereocenters. The number of hydrogen-bond acceptors (Lipinski definition) is 2. The van der Waals surface area contributed by atoms with Crippen molar-refractivity contribution < 1.29 is 9.47 Å². The average molecular weight is 248 g/mol. The van der Waals surface area contributed by atoms with Gasteiger partial charge in [-0.15, -0.1) is 0 Å². The van der Waals surface area contributed by atoms with Crippen LogP contribution >= 0.6 is 0 Å². The first-order chi connectivity index (χ1) is 8.50. The highest BCUT2D eigenvalue weighted by molar-refractivity contribution is 5.61. The second-order valence-corrected chi connectivity index (χ2v) is 4.72. The zero-order valence-corrected chi connectivity index (χ0v) is 12.0. The predicted molar refractivity (Wildman–Crippen MR) is 76.7 cm³/mol. The molecule has 18 heavy (non-hydrogen) atoms. The molecule has 0 saturated heterocycles. The Bertz CT molecular complexity index is 373. The molecule has 0 spiro atoms. The predicted octanol–water partition coefficient (Wildman–Crippen LogP) is 4.65. The van der Waals surface area contributed by atoms with Crippen molar-refractivity contribution in [2.45, 2.75) is 46.3 Å². The Kier molecular flexibility index (Phi) is 5.42. The quantitative estimate of drug-likeness (QED) is 0.654. The molecule has 0 aromatic heterocycles. The summed E-state index contributed by atoms with van der Waals surface area (Å²) in [5.41, 5.74) is 2.19. The number of hydrogen-bond donors (Lipinski definition) is 0. The molecule has 0 heterocycles. The summed E-state index contributed by atoms with van der Waals surface area (Å²) >= 11 is 0. The van der Waals surface area contributed by atoms with Gasteiger partial charge in [-0.05, 0) is 38.0 Å². The van der Waals surface area contributed by atoms with Gasteiger partial charge in [0, 0.05) is 20.0 Å². The van der Waals surface area contributed by atoms with Crippen LogP contribution in [0.15, 0.2) is 30.8 Å². The smallest absolute Gasteiger partial charge is 0.207 e. The van der Waals surface area contributed by atoms with E-state index in [-0.39, 0.29) is 0 Å². The van der Waals surface area contributed by atoms with Gasteiger partial charge in [0.25, 0.3) is 0 Å². The van der Waals surface area contributed by atoms with E-state index < -0.39 is 5.79 Å². The van der Waals surface area contributed by atoms with E-state index in [9.17, 15) is 0 Å². The SMILES string of the molecule is C=C(C)c1ccc(OC(C)(CCC)OCC)cc1. The lowest BCUT2D eigenvalue weighted by Gasteiger charge is -2.30. The minimum atomic E-state index is -0.533. The highest BCUT2D eigenvalue weighted by Crippen LogP contribution is 2.25. The molecule has 1 rings (SSSR count). The molecule has 0 radical (unpaired) electrons. The van der Waals surface area contributed by atoms with E-state index in [1.807, 2.05) is 45.0 Å². The van der Waals surface area contributed by atoms with E-state index in [0.29, 0.717) is 6.61 Å². The number of allylic oxidation sites excluding steroid dienone is 1. The van der Waals surface area contributed by atoms with Gasteiger partial charge in [-0.1, -0.05) is 31.2 Å². The van der Waals surface area contributed by atoms with Gasteiger partial charge in [0.2, 0.25) is 5.79 Å². The summed E-state index contributed by atoms with van der Waals surface area (Å²) in [6.45, 7) is 12.7. The maximum Gasteiger partial charge on any atom is 0.207 e. The molecule has 2 heteroatoms. The van der Waals surface area contributed by atoms with Gasteiger partial charge in [-0.25, -0.2) is 0 Å². The van der Waals surface area contributed by atoms with Crippen LogP contribution in [0.3, 0.4) is 0 Å². The second-order valence-electron chi connectivity index (χ2n) is 4.72. The molecular weight excluding hydrogens is 224 g/mol. The Balaban J connectivity index is 2.77. The van der Waals surface area contributed by atoms with Crippen molar-refractivity contribution in [1.82, 2.24) is 0 Å². The van der Waals surface area contributed by atoms with Crippen molar-refractivity contribution in [2.75, 3.05) is 6.61 Å². The third-order valence-corrected chi connectivity index (χ3v) is 2.83. The molecule has 100 valence electrons. The first-order valence-electron chi connectivity index (χ1n) is 6.59. The molecule has 1 aromatic carbocycles. The molecule has 0 saturated carbocycles. The molecular formula is C16H24O2. The van der Waals surface area contributed by atoms with Gasteiger partial charge in [0.1, 0.15) is 5.75 Å². The summed E-state index contributed by atoms with van der Waals surface area (Å²) in [6.07, 6.45) is 1.91. The van der Waals surface area contributed by atoms with E-state index in [1.54, 1.807) is 0 Å². The van der Waals surface area contributed by atoms with Crippen LogP contribution in [-0.4, -0.2) is 12.4 Å². The summed E-state index contributed by atoms with van der Waals surface area (Å²) < 4.78 is 11.7. The summed E-state index contributed by atoms with van der Waals surface area (Å²) in [4.78, 5) is 0. The summed E-state index contributed by atoms with van der Waals surface area (Å²) in [5.74, 6) is 0.304. The molecule has 0 N–H and O–H groups in total. The summed E-state index contributed by atoms with van der Waals surface area (Å²) in [6, 6.07) is 7.99. The maximum atomic E-state index is 5.97. The molecule has 2 nitrogen and oxygen atoms in total. The van der Waals surface area contributed by atoms with Crippen LogP contribution in [0.1, 0.15) is 46.1 Å². The summed E-state index contributed by atoms with van der Waals surface area (Å²) in [7, 11) is 0. The molecule has 0 aliphatic rings. The van der Waals surface area contributed by atoms with Crippen LogP contribution in [0.5, 0.6) is 5.75 Å². The number of rotatable bonds is 7. The fourth-order valence-corrected chi connectivity index (χ4v) is 1.97. The van der Waals surface area contributed by atoms with E-state index in [2.05, 4.69) is 13.5 Å². The molecule has 0 aliphatic heterocycles. The Hall–Kier alpha value is -1.28. The van der Waals surface area contributed by atoms with Crippen LogP contribution in [0, 0.1) is 0 Å². The van der Waals surface area contributed by atoms with Crippen LogP contribution in [0.25, 0.3) is 5.57 Å². The number of benzene rings is 1. The van der Waals surface area contributed by atoms with Gasteiger partial charge < -0.3 is 9.47 Å². The van der Waals surface area contributed by atoms with Crippen molar-refractivity contribution in [2.24, 2.45) is 0 Å². The van der Waals surface area contributed by atoms with Gasteiger partial charge in [-0.2, -0.15) is 0 Å². The zero-order valence-electron chi connectivity index (χ0n) is 12.0. The van der Waals surface area contributed by atoms with Crippen molar-refractivity contribution in [3.05, 3.63) is 36.4 Å². The molecule has 0 fully saturated rings. The van der Waals surface area contributed by atoms with Gasteiger partial charge in [0.15, 0.2) is 0 Å². The molecule has 0 aliphatic carbocycles. The van der Waals surface area contributed by atoms with Crippen molar-refractivity contribution in [3.63, 3.8) is 0 Å². The van der Waals surface area contributed by atoms with E-state index >= 15 is 0 Å². The standard InChI is InChI=1S/C16H24O2/c1-6-12-16(5,17-7-2)18-15-10-8-14(9-11-15)13(3)4/h8-11H,3,6-7,12H2,1-2,4-5H3. The maximum absolute atomic E-state index is 5.97. The van der Waals surface area contributed by atoms with Crippen molar-refractivity contribution >= 4 is 5.57 Å². The lowest BCUT2D eigenvalue weighted by atomic mass is 10.1. The van der Waals surface area contributed by atoms with Crippen molar-refractivity contribution in [3.8, 4) is 5.75 Å². The van der Waals surface area contributed by atoms with Crippen LogP contribution in [0.2, 0.25) is 0 Å². The Morgan fingerprint density at radius 2 is 1.83 bits per heavy atom. The van der Waals surface area contributed by atoms with Crippen LogP contribution in [-0.2, 0) is 4.74 Å². The van der Waals surface area contributed by atoms with Gasteiger partial charge >= 0.3 is 0 Å². The van der Waals surface area contributed by atoms with Crippen LogP contribution < -0.4 is 4.74 Å². The topological polar surface area (TPSA) is 18.5 Å². The Labute approximate surface area is 111 Å². The minimum absolute atomic E-state index is 0.533. The fourth-order valence-electron chi connectivity index (χ4n) is 1.97. The highest BCUT2D eigenvalue weighted by Gasteiger charge is 2.25. The monoisotopic (exact) mass is 248 g/mol. The summed E-state index contributed by atoms with van der Waals surface area (Å²) in [5, 5.41) is 0. The molecule has 1 aromatic rings. The van der Waals surface area contributed by atoms with Crippen molar-refractivity contribution in [1.29, 1.82) is 0 Å². The average Bonchev–Trinajstić information content (AvgIpc) is 2.30. The van der Waals surface area contributed by atoms with E-state index in [0.717, 1.165) is 29.7 Å².